The van der Waals surface area contributed by atoms with E-state index < -0.39 is 0 Å². The molecule has 1 aliphatic rings. The second kappa shape index (κ2) is 10.6. The number of carbonyl (C=O) groups excluding carboxylic acids is 2. The third-order valence-electron chi connectivity index (χ3n) is 5.99. The molecule has 4 rings (SSSR count). The smallest absolute Gasteiger partial charge is 0.268 e. The summed E-state index contributed by atoms with van der Waals surface area (Å²) in [5, 5.41) is 13.8. The van der Waals surface area contributed by atoms with Gasteiger partial charge in [-0.05, 0) is 23.5 Å². The van der Waals surface area contributed by atoms with Crippen LogP contribution < -0.4 is 10.2 Å². The molecule has 4 heterocycles. The molecule has 1 fully saturated rings. The number of nitrogens with one attached hydrogen (secondary N) is 1. The fourth-order valence-electron chi connectivity index (χ4n) is 3.97. The van der Waals surface area contributed by atoms with Crippen LogP contribution in [0.5, 0.6) is 0 Å². The molecule has 3 aromatic rings. The second-order valence-corrected chi connectivity index (χ2v) is 11.5. The molecule has 0 bridgehead atoms. The minimum Gasteiger partial charge on any atom is -0.391 e. The highest BCUT2D eigenvalue weighted by molar-refractivity contribution is 7.13. The zero-order valence-electron chi connectivity index (χ0n) is 20.7. The number of aliphatic hydroxyl groups excluding tert-OH is 1. The van der Waals surface area contributed by atoms with Crippen LogP contribution in [0.25, 0.3) is 0 Å². The van der Waals surface area contributed by atoms with Crippen LogP contribution in [0.3, 0.4) is 0 Å². The lowest BCUT2D eigenvalue weighted by atomic mass is 9.87. The van der Waals surface area contributed by atoms with E-state index in [1.165, 1.54) is 30.1 Å². The number of pyridine rings is 1. The fraction of sp³-hybridized carbons (Fsp3) is 0.440. The number of carbonyl (C=O) groups is 2. The van der Waals surface area contributed by atoms with Gasteiger partial charge < -0.3 is 15.3 Å². The standard InChI is InChI=1S/C25H29ClN6O3S/c1-14(7-19(34)18-9-22(30-13-29-18)32-6-5-15(33)12-32)24-28-11-20(36-24)23(35)31-21-8-16(25(2,3)4)17(26)10-27-21/h8-11,13-15,33H,5-7,12H2,1-4H3,(H,27,31,35)/t14-,15+/m0/s1. The molecule has 36 heavy (non-hydrogen) atoms. The highest BCUT2D eigenvalue weighted by Crippen LogP contribution is 2.31. The molecule has 0 radical (unpaired) electrons. The van der Waals surface area contributed by atoms with Gasteiger partial charge in [-0.15, -0.1) is 11.3 Å². The van der Waals surface area contributed by atoms with Gasteiger partial charge in [0.2, 0.25) is 0 Å². The topological polar surface area (TPSA) is 121 Å². The highest BCUT2D eigenvalue weighted by Gasteiger charge is 2.24. The van der Waals surface area contributed by atoms with Crippen molar-refractivity contribution in [2.75, 3.05) is 23.3 Å². The van der Waals surface area contributed by atoms with E-state index in [9.17, 15) is 14.7 Å². The van der Waals surface area contributed by atoms with Gasteiger partial charge in [-0.25, -0.2) is 19.9 Å². The Balaban J connectivity index is 1.40. The number of amides is 1. The average molecular weight is 529 g/mol. The predicted octanol–water partition coefficient (Wildman–Crippen LogP) is 4.48. The number of aliphatic hydroxyl groups is 1. The Hall–Kier alpha value is -2.95. The van der Waals surface area contributed by atoms with Crippen LogP contribution in [0.15, 0.2) is 30.9 Å². The molecule has 0 aromatic carbocycles. The van der Waals surface area contributed by atoms with Crippen molar-refractivity contribution in [3.63, 3.8) is 0 Å². The summed E-state index contributed by atoms with van der Waals surface area (Å²) < 4.78 is 0. The molecule has 1 saturated heterocycles. The summed E-state index contributed by atoms with van der Waals surface area (Å²) in [4.78, 5) is 45.1. The quantitative estimate of drug-likeness (QED) is 0.430. The third-order valence-corrected chi connectivity index (χ3v) is 7.52. The molecular weight excluding hydrogens is 500 g/mol. The van der Waals surface area contributed by atoms with E-state index in [1.807, 2.05) is 32.6 Å². The normalized spacial score (nSPS) is 16.7. The summed E-state index contributed by atoms with van der Waals surface area (Å²) in [7, 11) is 0. The molecule has 0 saturated carbocycles. The van der Waals surface area contributed by atoms with Crippen LogP contribution >= 0.6 is 22.9 Å². The van der Waals surface area contributed by atoms with Crippen LogP contribution in [0.1, 0.15) is 77.2 Å². The molecule has 1 amide bonds. The highest BCUT2D eigenvalue weighted by atomic mass is 35.5. The molecule has 0 aliphatic carbocycles. The molecule has 2 atom stereocenters. The van der Waals surface area contributed by atoms with E-state index in [0.717, 1.165) is 5.56 Å². The van der Waals surface area contributed by atoms with Crippen LogP contribution in [-0.2, 0) is 5.41 Å². The molecular formula is C25H29ClN6O3S. The van der Waals surface area contributed by atoms with Gasteiger partial charge in [-0.3, -0.25) is 9.59 Å². The molecule has 0 spiro atoms. The Bertz CT molecular complexity index is 1270. The van der Waals surface area contributed by atoms with Gasteiger partial charge >= 0.3 is 0 Å². The monoisotopic (exact) mass is 528 g/mol. The van der Waals surface area contributed by atoms with Crippen molar-refractivity contribution in [1.29, 1.82) is 0 Å². The summed E-state index contributed by atoms with van der Waals surface area (Å²) in [6.45, 7) is 9.20. The Kier molecular flexibility index (Phi) is 7.67. The predicted molar refractivity (Wildman–Crippen MR) is 140 cm³/mol. The van der Waals surface area contributed by atoms with E-state index in [0.29, 0.717) is 51.7 Å². The zero-order chi connectivity index (χ0) is 26.0. The Labute approximate surface area is 219 Å². The van der Waals surface area contributed by atoms with Crippen molar-refractivity contribution in [1.82, 2.24) is 19.9 Å². The zero-order valence-corrected chi connectivity index (χ0v) is 22.2. The summed E-state index contributed by atoms with van der Waals surface area (Å²) in [5.41, 5.74) is 1.02. The van der Waals surface area contributed by atoms with Gasteiger partial charge in [0.1, 0.15) is 28.5 Å². The number of β-amino-alcohol motifs (C(OH)–C–C–N with tert-alkyl or cyclic N) is 1. The van der Waals surface area contributed by atoms with Crippen molar-refractivity contribution in [3.05, 3.63) is 57.0 Å². The largest absolute Gasteiger partial charge is 0.391 e. The van der Waals surface area contributed by atoms with Gasteiger partial charge in [-0.2, -0.15) is 0 Å². The van der Waals surface area contributed by atoms with E-state index in [2.05, 4.69) is 25.3 Å². The summed E-state index contributed by atoms with van der Waals surface area (Å²) in [6.07, 6.45) is 4.91. The van der Waals surface area contributed by atoms with Crippen molar-refractivity contribution in [3.8, 4) is 0 Å². The molecule has 3 aromatic heterocycles. The first-order chi connectivity index (χ1) is 17.0. The van der Waals surface area contributed by atoms with Gasteiger partial charge in [0.15, 0.2) is 5.78 Å². The first-order valence-electron chi connectivity index (χ1n) is 11.7. The Morgan fingerprint density at radius 2 is 2.00 bits per heavy atom. The summed E-state index contributed by atoms with van der Waals surface area (Å²) in [5.74, 6) is 0.401. The molecule has 11 heteroatoms. The number of thiazole rings is 1. The van der Waals surface area contributed by atoms with E-state index in [-0.39, 0.29) is 35.5 Å². The molecule has 2 N–H and O–H groups in total. The molecule has 190 valence electrons. The number of Topliss-reactive ketones (excluding diaryl/α,β-unsaturated/α-hetero) is 1. The Morgan fingerprint density at radius 3 is 2.69 bits per heavy atom. The first kappa shape index (κ1) is 26.1. The number of nitrogens with zero attached hydrogens (tertiary/aromatic N) is 5. The molecule has 1 aliphatic heterocycles. The molecule has 0 unspecified atom stereocenters. The number of rotatable bonds is 7. The van der Waals surface area contributed by atoms with Gasteiger partial charge in [-0.1, -0.05) is 39.3 Å². The van der Waals surface area contributed by atoms with Crippen LogP contribution in [-0.4, -0.2) is 55.9 Å². The number of aromatic nitrogens is 4. The summed E-state index contributed by atoms with van der Waals surface area (Å²) >= 11 is 7.52. The van der Waals surface area contributed by atoms with Crippen LogP contribution in [0.2, 0.25) is 5.02 Å². The third kappa shape index (κ3) is 6.05. The maximum atomic E-state index is 12.9. The van der Waals surface area contributed by atoms with E-state index >= 15 is 0 Å². The lowest BCUT2D eigenvalue weighted by Crippen LogP contribution is -2.22. The number of anilines is 2. The van der Waals surface area contributed by atoms with Crippen molar-refractivity contribution >= 4 is 46.3 Å². The van der Waals surface area contributed by atoms with Gasteiger partial charge in [0.05, 0.1) is 22.3 Å². The Morgan fingerprint density at radius 1 is 1.22 bits per heavy atom. The first-order valence-corrected chi connectivity index (χ1v) is 12.9. The lowest BCUT2D eigenvalue weighted by molar-refractivity contribution is 0.0969. The van der Waals surface area contributed by atoms with Crippen molar-refractivity contribution in [2.24, 2.45) is 0 Å². The van der Waals surface area contributed by atoms with E-state index in [1.54, 1.807) is 12.1 Å². The number of hydrogen-bond acceptors (Lipinski definition) is 9. The minimum absolute atomic E-state index is 0.132. The average Bonchev–Trinajstić information content (AvgIpc) is 3.49. The maximum Gasteiger partial charge on any atom is 0.268 e. The van der Waals surface area contributed by atoms with Crippen molar-refractivity contribution in [2.45, 2.75) is 58.0 Å². The van der Waals surface area contributed by atoms with Crippen LogP contribution in [0, 0.1) is 0 Å². The number of halogens is 1. The van der Waals surface area contributed by atoms with Gasteiger partial charge in [0, 0.05) is 37.7 Å². The maximum absolute atomic E-state index is 12.9. The number of ketones is 1. The SMILES string of the molecule is C[C@@H](CC(=O)c1cc(N2CC[C@@H](O)C2)ncn1)c1ncc(C(=O)Nc2cc(C(C)(C)C)c(Cl)cn2)s1. The second-order valence-electron chi connectivity index (χ2n) is 9.99. The minimum atomic E-state index is -0.383. The van der Waals surface area contributed by atoms with Crippen molar-refractivity contribution < 1.29 is 14.7 Å². The fourth-order valence-corrected chi connectivity index (χ4v) is 5.22. The lowest BCUT2D eigenvalue weighted by Gasteiger charge is -2.21. The van der Waals surface area contributed by atoms with Crippen LogP contribution in [0.4, 0.5) is 11.6 Å². The summed E-state index contributed by atoms with van der Waals surface area (Å²) in [6, 6.07) is 3.45. The molecule has 9 nitrogen and oxygen atoms in total. The van der Waals surface area contributed by atoms with E-state index in [4.69, 9.17) is 11.6 Å². The number of hydrogen-bond donors (Lipinski definition) is 2. The van der Waals surface area contributed by atoms with Gasteiger partial charge in [0.25, 0.3) is 5.91 Å².